The molecule has 2 aromatic rings. The molecule has 0 aliphatic rings. The molecule has 2 rings (SSSR count). The second kappa shape index (κ2) is 7.90. The van der Waals surface area contributed by atoms with E-state index in [-0.39, 0.29) is 6.10 Å². The molecule has 3 nitrogen and oxygen atoms in total. The fourth-order valence-corrected chi connectivity index (χ4v) is 3.40. The standard InChI is InChI=1S/C16H15BrClNO2S/c1-10(2)21-12-4-5-13(17)16(8-12)22-15-6-3-11(18)7-14(15)19-9-20/h3-10H,1-2H3,(H,19,20). The third kappa shape index (κ3) is 4.66. The number of carbonyl (C=O) groups is 1. The summed E-state index contributed by atoms with van der Waals surface area (Å²) in [6.45, 7) is 3.97. The molecular weight excluding hydrogens is 386 g/mol. The smallest absolute Gasteiger partial charge is 0.211 e. The van der Waals surface area contributed by atoms with Gasteiger partial charge in [-0.05, 0) is 66.2 Å². The molecule has 0 aliphatic carbocycles. The summed E-state index contributed by atoms with van der Waals surface area (Å²) in [6, 6.07) is 11.2. The molecule has 2 aromatic carbocycles. The molecule has 0 saturated heterocycles. The van der Waals surface area contributed by atoms with Gasteiger partial charge in [0.2, 0.25) is 6.41 Å². The highest BCUT2D eigenvalue weighted by Gasteiger charge is 2.10. The van der Waals surface area contributed by atoms with Crippen LogP contribution >= 0.6 is 39.3 Å². The highest BCUT2D eigenvalue weighted by molar-refractivity contribution is 9.10. The summed E-state index contributed by atoms with van der Waals surface area (Å²) >= 11 is 11.0. The third-order valence-electron chi connectivity index (χ3n) is 2.65. The third-order valence-corrected chi connectivity index (χ3v) is 4.97. The maximum atomic E-state index is 10.7. The van der Waals surface area contributed by atoms with Crippen molar-refractivity contribution >= 4 is 51.4 Å². The molecule has 1 amide bonds. The summed E-state index contributed by atoms with van der Waals surface area (Å²) in [5.74, 6) is 0.805. The van der Waals surface area contributed by atoms with E-state index in [9.17, 15) is 4.79 Å². The number of hydrogen-bond donors (Lipinski definition) is 1. The van der Waals surface area contributed by atoms with E-state index < -0.39 is 0 Å². The van der Waals surface area contributed by atoms with E-state index in [0.29, 0.717) is 17.1 Å². The Morgan fingerprint density at radius 1 is 1.23 bits per heavy atom. The minimum absolute atomic E-state index is 0.113. The van der Waals surface area contributed by atoms with Crippen molar-refractivity contribution in [2.45, 2.75) is 29.7 Å². The van der Waals surface area contributed by atoms with Crippen LogP contribution in [-0.4, -0.2) is 12.5 Å². The van der Waals surface area contributed by atoms with E-state index in [1.54, 1.807) is 12.1 Å². The number of hydrogen-bond acceptors (Lipinski definition) is 3. The van der Waals surface area contributed by atoms with Crippen molar-refractivity contribution in [3.63, 3.8) is 0 Å². The van der Waals surface area contributed by atoms with Crippen molar-refractivity contribution in [3.8, 4) is 5.75 Å². The molecule has 0 aliphatic heterocycles. The second-order valence-electron chi connectivity index (χ2n) is 4.76. The Bertz CT molecular complexity index is 679. The molecule has 0 unspecified atom stereocenters. The van der Waals surface area contributed by atoms with Gasteiger partial charge in [-0.3, -0.25) is 4.79 Å². The van der Waals surface area contributed by atoms with Gasteiger partial charge >= 0.3 is 0 Å². The zero-order chi connectivity index (χ0) is 16.1. The number of rotatable bonds is 6. The van der Waals surface area contributed by atoms with Gasteiger partial charge in [0.25, 0.3) is 0 Å². The first-order chi connectivity index (χ1) is 10.5. The van der Waals surface area contributed by atoms with E-state index in [2.05, 4.69) is 21.2 Å². The highest BCUT2D eigenvalue weighted by Crippen LogP contribution is 2.40. The average molecular weight is 401 g/mol. The predicted molar refractivity (Wildman–Crippen MR) is 95.2 cm³/mol. The van der Waals surface area contributed by atoms with E-state index in [4.69, 9.17) is 16.3 Å². The zero-order valence-corrected chi connectivity index (χ0v) is 15.3. The zero-order valence-electron chi connectivity index (χ0n) is 12.1. The molecule has 116 valence electrons. The van der Waals surface area contributed by atoms with Gasteiger partial charge in [-0.15, -0.1) is 0 Å². The first-order valence-electron chi connectivity index (χ1n) is 6.63. The van der Waals surface area contributed by atoms with E-state index >= 15 is 0 Å². The molecule has 0 saturated carbocycles. The van der Waals surface area contributed by atoms with Gasteiger partial charge in [-0.1, -0.05) is 23.4 Å². The van der Waals surface area contributed by atoms with Crippen LogP contribution in [-0.2, 0) is 4.79 Å². The Labute approximate surface area is 147 Å². The molecule has 22 heavy (non-hydrogen) atoms. The maximum Gasteiger partial charge on any atom is 0.211 e. The predicted octanol–water partition coefficient (Wildman–Crippen LogP) is 5.61. The summed E-state index contributed by atoms with van der Waals surface area (Å²) in [6.07, 6.45) is 0.755. The van der Waals surface area contributed by atoms with Gasteiger partial charge < -0.3 is 10.1 Å². The number of carbonyl (C=O) groups excluding carboxylic acids is 1. The summed E-state index contributed by atoms with van der Waals surface area (Å²) < 4.78 is 6.68. The lowest BCUT2D eigenvalue weighted by atomic mass is 10.3. The minimum atomic E-state index is 0.113. The van der Waals surface area contributed by atoms with Gasteiger partial charge in [0.05, 0.1) is 11.8 Å². The van der Waals surface area contributed by atoms with Crippen LogP contribution in [0.25, 0.3) is 0 Å². The largest absolute Gasteiger partial charge is 0.491 e. The van der Waals surface area contributed by atoms with Crippen molar-refractivity contribution in [1.29, 1.82) is 0 Å². The fourth-order valence-electron chi connectivity index (χ4n) is 1.79. The topological polar surface area (TPSA) is 38.3 Å². The second-order valence-corrected chi connectivity index (χ2v) is 7.14. The summed E-state index contributed by atoms with van der Waals surface area (Å²) in [4.78, 5) is 12.6. The van der Waals surface area contributed by atoms with Gasteiger partial charge in [0.1, 0.15) is 5.75 Å². The molecule has 0 radical (unpaired) electrons. The maximum absolute atomic E-state index is 10.7. The lowest BCUT2D eigenvalue weighted by Gasteiger charge is -2.13. The number of nitrogens with one attached hydrogen (secondary N) is 1. The van der Waals surface area contributed by atoms with Crippen LogP contribution < -0.4 is 10.1 Å². The number of halogens is 2. The molecule has 0 heterocycles. The molecule has 0 spiro atoms. The van der Waals surface area contributed by atoms with E-state index in [0.717, 1.165) is 20.0 Å². The minimum Gasteiger partial charge on any atom is -0.491 e. The summed E-state index contributed by atoms with van der Waals surface area (Å²) in [5, 5.41) is 3.24. The number of ether oxygens (including phenoxy) is 1. The van der Waals surface area contributed by atoms with E-state index in [1.165, 1.54) is 11.8 Å². The molecule has 0 atom stereocenters. The lowest BCUT2D eigenvalue weighted by Crippen LogP contribution is -2.05. The Hall–Kier alpha value is -1.17. The Morgan fingerprint density at radius 3 is 2.68 bits per heavy atom. The van der Waals surface area contributed by atoms with Crippen LogP contribution in [0.5, 0.6) is 5.75 Å². The van der Waals surface area contributed by atoms with Crippen molar-refractivity contribution < 1.29 is 9.53 Å². The number of benzene rings is 2. The number of amides is 1. The van der Waals surface area contributed by atoms with Crippen LogP contribution in [0.3, 0.4) is 0 Å². The van der Waals surface area contributed by atoms with Crippen LogP contribution in [0.4, 0.5) is 5.69 Å². The van der Waals surface area contributed by atoms with Crippen molar-refractivity contribution in [2.24, 2.45) is 0 Å². The molecule has 6 heteroatoms. The van der Waals surface area contributed by atoms with Gasteiger partial charge in [-0.2, -0.15) is 0 Å². The monoisotopic (exact) mass is 399 g/mol. The first kappa shape index (κ1) is 17.2. The highest BCUT2D eigenvalue weighted by atomic mass is 79.9. The summed E-state index contributed by atoms with van der Waals surface area (Å²) in [7, 11) is 0. The lowest BCUT2D eigenvalue weighted by molar-refractivity contribution is -0.105. The normalized spacial score (nSPS) is 10.6. The van der Waals surface area contributed by atoms with E-state index in [1.807, 2.05) is 38.1 Å². The SMILES string of the molecule is CC(C)Oc1ccc(Br)c(Sc2ccc(Cl)cc2NC=O)c1. The Morgan fingerprint density at radius 2 is 2.00 bits per heavy atom. The van der Waals surface area contributed by atoms with Crippen molar-refractivity contribution in [1.82, 2.24) is 0 Å². The van der Waals surface area contributed by atoms with Crippen LogP contribution in [0.15, 0.2) is 50.7 Å². The van der Waals surface area contributed by atoms with Gasteiger partial charge in [-0.25, -0.2) is 0 Å². The van der Waals surface area contributed by atoms with Crippen molar-refractivity contribution in [3.05, 3.63) is 45.9 Å². The fraction of sp³-hybridized carbons (Fsp3) is 0.188. The van der Waals surface area contributed by atoms with Gasteiger partial charge in [0, 0.05) is 19.3 Å². The molecule has 0 bridgehead atoms. The Kier molecular flexibility index (Phi) is 6.17. The molecule has 1 N–H and O–H groups in total. The molecular formula is C16H15BrClNO2S. The Balaban J connectivity index is 2.32. The number of anilines is 1. The molecule has 0 fully saturated rings. The van der Waals surface area contributed by atoms with Gasteiger partial charge in [0.15, 0.2) is 0 Å². The quantitative estimate of drug-likeness (QED) is 0.641. The van der Waals surface area contributed by atoms with Crippen LogP contribution in [0, 0.1) is 0 Å². The van der Waals surface area contributed by atoms with Crippen molar-refractivity contribution in [2.75, 3.05) is 5.32 Å². The average Bonchev–Trinajstić information content (AvgIpc) is 2.45. The first-order valence-corrected chi connectivity index (χ1v) is 8.62. The molecule has 0 aromatic heterocycles. The summed E-state index contributed by atoms with van der Waals surface area (Å²) in [5.41, 5.74) is 0.676. The van der Waals surface area contributed by atoms with Crippen LogP contribution in [0.1, 0.15) is 13.8 Å². The van der Waals surface area contributed by atoms with Crippen LogP contribution in [0.2, 0.25) is 5.02 Å².